The summed E-state index contributed by atoms with van der Waals surface area (Å²) in [4.78, 5) is 28.9. The molecule has 2 N–H and O–H groups in total. The summed E-state index contributed by atoms with van der Waals surface area (Å²) in [5.74, 6) is -0.0154. The number of hydrogen-bond donors (Lipinski definition) is 1. The maximum Gasteiger partial charge on any atom is 0.235 e. The van der Waals surface area contributed by atoms with Crippen molar-refractivity contribution in [3.63, 3.8) is 0 Å². The topological polar surface area (TPSA) is 76.3 Å². The van der Waals surface area contributed by atoms with Gasteiger partial charge in [-0.1, -0.05) is 6.92 Å². The minimum Gasteiger partial charge on any atom is -0.397 e. The van der Waals surface area contributed by atoms with E-state index in [9.17, 15) is 9.59 Å². The number of carbonyl (C=O) groups is 2. The van der Waals surface area contributed by atoms with E-state index in [0.717, 1.165) is 4.90 Å². The molecule has 2 amide bonds. The lowest BCUT2D eigenvalue weighted by Crippen LogP contribution is -2.43. The van der Waals surface area contributed by atoms with Crippen molar-refractivity contribution in [2.75, 3.05) is 10.6 Å². The molecule has 1 aliphatic rings. The number of pyridine rings is 1. The zero-order chi connectivity index (χ0) is 12.6. The lowest BCUT2D eigenvalue weighted by atomic mass is 9.98. The Kier molecular flexibility index (Phi) is 3.15. The third-order valence-corrected chi connectivity index (χ3v) is 3.18. The minimum absolute atomic E-state index is 0.0961. The number of rotatable bonds is 1. The van der Waals surface area contributed by atoms with E-state index in [1.807, 2.05) is 6.92 Å². The second kappa shape index (κ2) is 4.44. The molecule has 0 atom stereocenters. The van der Waals surface area contributed by atoms with Crippen LogP contribution in [0, 0.1) is 5.92 Å². The van der Waals surface area contributed by atoms with E-state index in [4.69, 9.17) is 5.73 Å². The highest BCUT2D eigenvalue weighted by atomic mass is 79.9. The van der Waals surface area contributed by atoms with Gasteiger partial charge in [-0.05, 0) is 27.9 Å². The predicted octanol–water partition coefficient (Wildman–Crippen LogP) is 1.72. The number of nitrogen functional groups attached to an aromatic ring is 1. The monoisotopic (exact) mass is 297 g/mol. The highest BCUT2D eigenvalue weighted by Crippen LogP contribution is 2.30. The lowest BCUT2D eigenvalue weighted by Gasteiger charge is -2.28. The minimum atomic E-state index is -0.216. The number of carbonyl (C=O) groups excluding carboxylic acids is 2. The summed E-state index contributed by atoms with van der Waals surface area (Å²) < 4.78 is 0.550. The first-order chi connectivity index (χ1) is 7.99. The Hall–Kier alpha value is -1.43. The molecule has 17 heavy (non-hydrogen) atoms. The number of nitrogens with zero attached hydrogens (tertiary/aromatic N) is 2. The van der Waals surface area contributed by atoms with Gasteiger partial charge in [-0.25, -0.2) is 9.88 Å². The van der Waals surface area contributed by atoms with Crippen LogP contribution in [0.1, 0.15) is 19.8 Å². The second-order valence-corrected chi connectivity index (χ2v) is 5.06. The molecule has 2 heterocycles. The summed E-state index contributed by atoms with van der Waals surface area (Å²) in [6.45, 7) is 1.89. The third kappa shape index (κ3) is 2.31. The molecule has 0 radical (unpaired) electrons. The van der Waals surface area contributed by atoms with Crippen LogP contribution >= 0.6 is 15.9 Å². The van der Waals surface area contributed by atoms with Crippen molar-refractivity contribution in [2.24, 2.45) is 5.92 Å². The first-order valence-corrected chi connectivity index (χ1v) is 6.05. The van der Waals surface area contributed by atoms with E-state index < -0.39 is 0 Å². The van der Waals surface area contributed by atoms with Gasteiger partial charge in [0.2, 0.25) is 11.8 Å². The first-order valence-electron chi connectivity index (χ1n) is 5.26. The zero-order valence-electron chi connectivity index (χ0n) is 9.31. The van der Waals surface area contributed by atoms with E-state index >= 15 is 0 Å². The van der Waals surface area contributed by atoms with Crippen molar-refractivity contribution < 1.29 is 9.59 Å². The number of aromatic nitrogens is 1. The fourth-order valence-electron chi connectivity index (χ4n) is 1.84. The molecule has 1 fully saturated rings. The Morgan fingerprint density at radius 1 is 1.41 bits per heavy atom. The Bertz CT molecular complexity index is 472. The highest BCUT2D eigenvalue weighted by molar-refractivity contribution is 9.10. The summed E-state index contributed by atoms with van der Waals surface area (Å²) in [5.41, 5.74) is 6.05. The smallest absolute Gasteiger partial charge is 0.235 e. The van der Waals surface area contributed by atoms with Crippen LogP contribution in [0.4, 0.5) is 11.5 Å². The normalized spacial score (nSPS) is 17.6. The first kappa shape index (κ1) is 12.0. The van der Waals surface area contributed by atoms with Crippen molar-refractivity contribution >= 4 is 39.2 Å². The van der Waals surface area contributed by atoms with Crippen molar-refractivity contribution in [3.8, 4) is 0 Å². The number of amides is 2. The van der Waals surface area contributed by atoms with E-state index in [-0.39, 0.29) is 17.7 Å². The summed E-state index contributed by atoms with van der Waals surface area (Å²) in [5, 5.41) is 0. The summed E-state index contributed by atoms with van der Waals surface area (Å²) in [6, 6.07) is 1.63. The average molecular weight is 298 g/mol. The second-order valence-electron chi connectivity index (χ2n) is 4.21. The molecule has 1 aromatic heterocycles. The van der Waals surface area contributed by atoms with Crippen LogP contribution in [-0.2, 0) is 9.59 Å². The average Bonchev–Trinajstić information content (AvgIpc) is 2.19. The van der Waals surface area contributed by atoms with Gasteiger partial charge in [-0.15, -0.1) is 0 Å². The van der Waals surface area contributed by atoms with Gasteiger partial charge in [0.1, 0.15) is 0 Å². The van der Waals surface area contributed by atoms with Gasteiger partial charge in [0.15, 0.2) is 5.82 Å². The molecule has 0 saturated carbocycles. The Morgan fingerprint density at radius 3 is 2.53 bits per heavy atom. The molecule has 1 saturated heterocycles. The number of nitrogens with two attached hydrogens (primary N) is 1. The molecular weight excluding hydrogens is 286 g/mol. The molecule has 1 aliphatic heterocycles. The van der Waals surface area contributed by atoms with Gasteiger partial charge in [-0.2, -0.15) is 0 Å². The number of halogens is 1. The fraction of sp³-hybridized carbons (Fsp3) is 0.364. The van der Waals surface area contributed by atoms with Crippen molar-refractivity contribution in [3.05, 3.63) is 16.7 Å². The summed E-state index contributed by atoms with van der Waals surface area (Å²) in [6.07, 6.45) is 2.16. The Balaban J connectivity index is 2.38. The molecule has 0 aromatic carbocycles. The molecule has 0 spiro atoms. The van der Waals surface area contributed by atoms with E-state index in [1.54, 1.807) is 6.07 Å². The number of piperidine rings is 1. The number of imide groups is 1. The van der Waals surface area contributed by atoms with Crippen LogP contribution in [0.25, 0.3) is 0 Å². The van der Waals surface area contributed by atoms with E-state index in [1.165, 1.54) is 6.20 Å². The SMILES string of the molecule is CC1CC(=O)N(c2ncc(N)cc2Br)C(=O)C1. The van der Waals surface area contributed by atoms with Crippen LogP contribution in [0.3, 0.4) is 0 Å². The standard InChI is InChI=1S/C11H12BrN3O2/c1-6-2-9(16)15(10(17)3-6)11-8(12)4-7(13)5-14-11/h4-6H,2-3,13H2,1H3. The van der Waals surface area contributed by atoms with E-state index in [2.05, 4.69) is 20.9 Å². The van der Waals surface area contributed by atoms with Gasteiger partial charge in [-0.3, -0.25) is 9.59 Å². The Morgan fingerprint density at radius 2 is 2.00 bits per heavy atom. The quantitative estimate of drug-likeness (QED) is 0.801. The van der Waals surface area contributed by atoms with Crippen LogP contribution in [0.5, 0.6) is 0 Å². The van der Waals surface area contributed by atoms with Crippen molar-refractivity contribution in [1.29, 1.82) is 0 Å². The summed E-state index contributed by atoms with van der Waals surface area (Å²) in [7, 11) is 0. The van der Waals surface area contributed by atoms with Crippen LogP contribution in [0.15, 0.2) is 16.7 Å². The lowest BCUT2D eigenvalue weighted by molar-refractivity contribution is -0.130. The Labute approximate surface area is 107 Å². The van der Waals surface area contributed by atoms with Crippen molar-refractivity contribution in [1.82, 2.24) is 4.98 Å². The van der Waals surface area contributed by atoms with Gasteiger partial charge < -0.3 is 5.73 Å². The molecule has 5 nitrogen and oxygen atoms in total. The highest BCUT2D eigenvalue weighted by Gasteiger charge is 2.33. The zero-order valence-corrected chi connectivity index (χ0v) is 10.9. The maximum absolute atomic E-state index is 11.9. The third-order valence-electron chi connectivity index (χ3n) is 2.60. The molecule has 90 valence electrons. The molecule has 6 heteroatoms. The molecule has 1 aromatic rings. The summed E-state index contributed by atoms with van der Waals surface area (Å²) >= 11 is 3.26. The van der Waals surface area contributed by atoms with Gasteiger partial charge in [0.05, 0.1) is 16.4 Å². The van der Waals surface area contributed by atoms with Crippen LogP contribution in [-0.4, -0.2) is 16.8 Å². The predicted molar refractivity (Wildman–Crippen MR) is 67.2 cm³/mol. The molecular formula is C11H12BrN3O2. The fourth-order valence-corrected chi connectivity index (χ4v) is 2.38. The number of anilines is 2. The van der Waals surface area contributed by atoms with Crippen molar-refractivity contribution in [2.45, 2.75) is 19.8 Å². The molecule has 0 bridgehead atoms. The van der Waals surface area contributed by atoms with Crippen LogP contribution in [0.2, 0.25) is 0 Å². The van der Waals surface area contributed by atoms with Gasteiger partial charge in [0, 0.05) is 12.8 Å². The largest absolute Gasteiger partial charge is 0.397 e. The molecule has 0 aliphatic carbocycles. The van der Waals surface area contributed by atoms with Gasteiger partial charge >= 0.3 is 0 Å². The van der Waals surface area contributed by atoms with E-state index in [0.29, 0.717) is 28.8 Å². The maximum atomic E-state index is 11.9. The van der Waals surface area contributed by atoms with Gasteiger partial charge in [0.25, 0.3) is 0 Å². The van der Waals surface area contributed by atoms with Crippen LogP contribution < -0.4 is 10.6 Å². The number of hydrogen-bond acceptors (Lipinski definition) is 4. The molecule has 0 unspecified atom stereocenters. The molecule has 2 rings (SSSR count).